The van der Waals surface area contributed by atoms with Gasteiger partial charge in [0, 0.05) is 7.05 Å². The van der Waals surface area contributed by atoms with E-state index in [0.29, 0.717) is 0 Å². The van der Waals surface area contributed by atoms with Gasteiger partial charge in [-0.2, -0.15) is 16.8 Å². The summed E-state index contributed by atoms with van der Waals surface area (Å²) < 4.78 is 61.4. The zero-order valence-electron chi connectivity index (χ0n) is 8.08. The van der Waals surface area contributed by atoms with Crippen LogP contribution in [0, 0.1) is 0 Å². The zero-order valence-corrected chi connectivity index (χ0v) is 9.71. The molecule has 0 aliphatic rings. The monoisotopic (exact) mass is 267 g/mol. The van der Waals surface area contributed by atoms with Gasteiger partial charge in [0.05, 0.1) is 5.69 Å². The Morgan fingerprint density at radius 3 is 1.62 bits per heavy atom. The average Bonchev–Trinajstić information content (AvgIpc) is 2.13. The van der Waals surface area contributed by atoms with E-state index >= 15 is 0 Å². The van der Waals surface area contributed by atoms with Gasteiger partial charge >= 0.3 is 0 Å². The van der Waals surface area contributed by atoms with E-state index in [4.69, 9.17) is 9.11 Å². The third-order valence-corrected chi connectivity index (χ3v) is 3.59. The number of rotatable bonds is 3. The Morgan fingerprint density at radius 1 is 1.00 bits per heavy atom. The van der Waals surface area contributed by atoms with Crippen LogP contribution in [0.3, 0.4) is 0 Å². The minimum Gasteiger partial charge on any atom is -0.386 e. The quantitative estimate of drug-likeness (QED) is 0.670. The average molecular weight is 267 g/mol. The summed E-state index contributed by atoms with van der Waals surface area (Å²) in [6.45, 7) is 0. The van der Waals surface area contributed by atoms with Gasteiger partial charge in [-0.05, 0) is 12.1 Å². The molecule has 0 fully saturated rings. The van der Waals surface area contributed by atoms with Gasteiger partial charge in [-0.1, -0.05) is 6.07 Å². The molecular weight excluding hydrogens is 258 g/mol. The van der Waals surface area contributed by atoms with Gasteiger partial charge in [0.2, 0.25) is 0 Å². The summed E-state index contributed by atoms with van der Waals surface area (Å²) in [5, 5.41) is 2.30. The fraction of sp³-hybridized carbons (Fsp3) is 0.143. The second-order valence-corrected chi connectivity index (χ2v) is 5.61. The van der Waals surface area contributed by atoms with E-state index in [-0.39, 0.29) is 5.69 Å². The molecule has 0 unspecified atom stereocenters. The number of nitrogens with one attached hydrogen (secondary N) is 1. The minimum atomic E-state index is -4.57. The third-order valence-electron chi connectivity index (χ3n) is 1.79. The Morgan fingerprint density at radius 2 is 1.38 bits per heavy atom. The number of hydrogen-bond acceptors (Lipinski definition) is 5. The lowest BCUT2D eigenvalue weighted by Gasteiger charge is -2.09. The molecule has 0 aliphatic heterocycles. The first-order chi connectivity index (χ1) is 7.18. The molecule has 0 atom stereocenters. The molecular formula is C7H9NO6S2. The fourth-order valence-corrected chi connectivity index (χ4v) is 2.69. The van der Waals surface area contributed by atoms with Crippen LogP contribution in [0.4, 0.5) is 5.69 Å². The second-order valence-electron chi connectivity index (χ2n) is 2.83. The molecule has 0 radical (unpaired) electrons. The Balaban J connectivity index is 3.71. The van der Waals surface area contributed by atoms with Crippen molar-refractivity contribution in [2.24, 2.45) is 0 Å². The zero-order chi connectivity index (χ0) is 12.6. The lowest BCUT2D eigenvalue weighted by Crippen LogP contribution is -2.09. The van der Waals surface area contributed by atoms with Gasteiger partial charge in [0.25, 0.3) is 20.2 Å². The van der Waals surface area contributed by atoms with E-state index in [2.05, 4.69) is 5.32 Å². The van der Waals surface area contributed by atoms with E-state index in [1.807, 2.05) is 0 Å². The van der Waals surface area contributed by atoms with Crippen LogP contribution in [0.15, 0.2) is 28.0 Å². The second kappa shape index (κ2) is 4.01. The molecule has 90 valence electrons. The van der Waals surface area contributed by atoms with Crippen LogP contribution in [-0.4, -0.2) is 33.0 Å². The van der Waals surface area contributed by atoms with Gasteiger partial charge in [0.1, 0.15) is 9.79 Å². The van der Waals surface area contributed by atoms with Crippen LogP contribution < -0.4 is 5.32 Å². The smallest absolute Gasteiger partial charge is 0.296 e. The molecule has 1 aromatic carbocycles. The largest absolute Gasteiger partial charge is 0.386 e. The summed E-state index contributed by atoms with van der Waals surface area (Å²) in [4.78, 5) is -1.24. The van der Waals surface area contributed by atoms with E-state index in [0.717, 1.165) is 18.2 Å². The summed E-state index contributed by atoms with van der Waals surface area (Å²) in [5.74, 6) is 0. The summed E-state index contributed by atoms with van der Waals surface area (Å²) >= 11 is 0. The van der Waals surface area contributed by atoms with Gasteiger partial charge < -0.3 is 5.32 Å². The van der Waals surface area contributed by atoms with E-state index in [9.17, 15) is 16.8 Å². The maximum absolute atomic E-state index is 10.9. The van der Waals surface area contributed by atoms with E-state index in [1.54, 1.807) is 0 Å². The lowest BCUT2D eigenvalue weighted by atomic mass is 10.3. The Labute approximate surface area is 92.6 Å². The van der Waals surface area contributed by atoms with Crippen LogP contribution in [0.25, 0.3) is 0 Å². The highest BCUT2D eigenvalue weighted by atomic mass is 32.2. The molecule has 1 rings (SSSR count). The molecule has 7 nitrogen and oxygen atoms in total. The highest BCUT2D eigenvalue weighted by Gasteiger charge is 2.23. The van der Waals surface area contributed by atoms with Crippen LogP contribution in [0.1, 0.15) is 0 Å². The summed E-state index contributed by atoms with van der Waals surface area (Å²) in [6, 6.07) is 3.11. The van der Waals surface area contributed by atoms with Crippen molar-refractivity contribution < 1.29 is 25.9 Å². The van der Waals surface area contributed by atoms with E-state index < -0.39 is 30.0 Å². The van der Waals surface area contributed by atoms with Crippen molar-refractivity contribution in [1.29, 1.82) is 0 Å². The number of anilines is 1. The third kappa shape index (κ3) is 2.50. The molecule has 0 aliphatic carbocycles. The maximum atomic E-state index is 10.9. The van der Waals surface area contributed by atoms with Crippen LogP contribution in [-0.2, 0) is 20.2 Å². The maximum Gasteiger partial charge on any atom is 0.296 e. The van der Waals surface area contributed by atoms with Crippen LogP contribution in [0.2, 0.25) is 0 Å². The Kier molecular flexibility index (Phi) is 3.24. The minimum absolute atomic E-state index is 0.382. The standard InChI is InChI=1S/C7H9NO6S2/c1-8-7-5(15(9,10)11)3-2-4-6(7)16(12,13)14/h2-4,8H,1H3,(H,9,10,11)(H,12,13,14). The topological polar surface area (TPSA) is 121 Å². The first kappa shape index (κ1) is 12.9. The van der Waals surface area contributed by atoms with Crippen molar-refractivity contribution in [3.05, 3.63) is 18.2 Å². The van der Waals surface area contributed by atoms with Gasteiger partial charge in [-0.25, -0.2) is 0 Å². The van der Waals surface area contributed by atoms with Gasteiger partial charge in [0.15, 0.2) is 0 Å². The van der Waals surface area contributed by atoms with E-state index in [1.165, 1.54) is 7.05 Å². The van der Waals surface area contributed by atoms with Gasteiger partial charge in [-0.15, -0.1) is 0 Å². The van der Waals surface area contributed by atoms with Crippen LogP contribution >= 0.6 is 0 Å². The predicted molar refractivity (Wildman–Crippen MR) is 55.6 cm³/mol. The highest BCUT2D eigenvalue weighted by Crippen LogP contribution is 2.28. The number of benzene rings is 1. The molecule has 9 heteroatoms. The molecule has 1 aromatic rings. The predicted octanol–water partition coefficient (Wildman–Crippen LogP) is 0.222. The first-order valence-electron chi connectivity index (χ1n) is 3.93. The summed E-state index contributed by atoms with van der Waals surface area (Å²) in [7, 11) is -7.87. The molecule has 0 saturated heterocycles. The van der Waals surface area contributed by atoms with Gasteiger partial charge in [-0.3, -0.25) is 9.11 Å². The molecule has 0 bridgehead atoms. The molecule has 16 heavy (non-hydrogen) atoms. The Hall–Kier alpha value is -1.16. The SMILES string of the molecule is CNc1c(S(=O)(=O)O)cccc1S(=O)(=O)O. The van der Waals surface area contributed by atoms with Crippen molar-refractivity contribution in [2.75, 3.05) is 12.4 Å². The molecule has 3 N–H and O–H groups in total. The highest BCUT2D eigenvalue weighted by molar-refractivity contribution is 7.87. The summed E-state index contributed by atoms with van der Waals surface area (Å²) in [5.41, 5.74) is -0.382. The summed E-state index contributed by atoms with van der Waals surface area (Å²) in [6.07, 6.45) is 0. The molecule has 0 spiro atoms. The molecule has 0 aromatic heterocycles. The van der Waals surface area contributed by atoms with Crippen LogP contribution in [0.5, 0.6) is 0 Å². The Bertz CT molecular complexity index is 554. The van der Waals surface area contributed by atoms with Crippen molar-refractivity contribution in [3.63, 3.8) is 0 Å². The van der Waals surface area contributed by atoms with Crippen molar-refractivity contribution >= 4 is 25.9 Å². The number of hydrogen-bond donors (Lipinski definition) is 3. The van der Waals surface area contributed by atoms with Crippen molar-refractivity contribution in [1.82, 2.24) is 0 Å². The lowest BCUT2D eigenvalue weighted by molar-refractivity contribution is 0.482. The van der Waals surface area contributed by atoms with Crippen molar-refractivity contribution in [3.8, 4) is 0 Å². The number of para-hydroxylation sites is 1. The fourth-order valence-electron chi connectivity index (χ4n) is 1.19. The molecule has 0 amide bonds. The molecule has 0 heterocycles. The molecule has 0 saturated carbocycles. The normalized spacial score (nSPS) is 12.4. The first-order valence-corrected chi connectivity index (χ1v) is 6.81. The van der Waals surface area contributed by atoms with Crippen molar-refractivity contribution in [2.45, 2.75) is 9.79 Å².